The molecular weight excluding hydrogens is 358 g/mol. The number of sulfonamides is 1. The molecule has 0 spiro atoms. The van der Waals surface area contributed by atoms with E-state index in [4.69, 9.17) is 0 Å². The zero-order valence-corrected chi connectivity index (χ0v) is 15.2. The van der Waals surface area contributed by atoms with Crippen LogP contribution >= 0.6 is 0 Å². The highest BCUT2D eigenvalue weighted by molar-refractivity contribution is 7.93. The van der Waals surface area contributed by atoms with E-state index in [1.54, 1.807) is 42.7 Å². The van der Waals surface area contributed by atoms with Crippen LogP contribution in [0.4, 0.5) is 11.4 Å². The van der Waals surface area contributed by atoms with Crippen LogP contribution in [0.3, 0.4) is 0 Å². The van der Waals surface area contributed by atoms with Gasteiger partial charge in [0.1, 0.15) is 0 Å². The van der Waals surface area contributed by atoms with Crippen LogP contribution in [0, 0.1) is 0 Å². The van der Waals surface area contributed by atoms with Crippen LogP contribution in [0.2, 0.25) is 0 Å². The Morgan fingerprint density at radius 1 is 0.815 bits per heavy atom. The number of aliphatic imine (C=N–C) groups is 1. The number of hydrogen-bond acceptors (Lipinski definition) is 4. The molecule has 3 aromatic carbocycles. The second-order valence-corrected chi connectivity index (χ2v) is 7.60. The van der Waals surface area contributed by atoms with Gasteiger partial charge in [-0.05, 0) is 30.3 Å². The van der Waals surface area contributed by atoms with Crippen molar-refractivity contribution in [2.24, 2.45) is 4.99 Å². The predicted octanol–water partition coefficient (Wildman–Crippen LogP) is 4.52. The smallest absolute Gasteiger partial charge is 0.262 e. The fraction of sp³-hybridized carbons (Fsp3) is 0. The third-order valence-corrected chi connectivity index (χ3v) is 5.63. The van der Waals surface area contributed by atoms with Crippen LogP contribution in [0.5, 0.6) is 0 Å². The van der Waals surface area contributed by atoms with E-state index in [0.29, 0.717) is 11.1 Å². The van der Waals surface area contributed by atoms with E-state index >= 15 is 0 Å². The van der Waals surface area contributed by atoms with E-state index in [-0.39, 0.29) is 4.90 Å². The van der Waals surface area contributed by atoms with Crippen molar-refractivity contribution in [2.45, 2.75) is 4.90 Å². The fourth-order valence-electron chi connectivity index (χ4n) is 2.98. The van der Waals surface area contributed by atoms with Gasteiger partial charge in [0.2, 0.25) is 0 Å². The van der Waals surface area contributed by atoms with E-state index < -0.39 is 10.0 Å². The molecule has 6 heteroatoms. The van der Waals surface area contributed by atoms with Gasteiger partial charge in [-0.25, -0.2) is 8.42 Å². The molecule has 3 aromatic rings. The summed E-state index contributed by atoms with van der Waals surface area (Å²) >= 11 is 0. The maximum absolute atomic E-state index is 13.0. The monoisotopic (exact) mass is 375 g/mol. The van der Waals surface area contributed by atoms with Crippen LogP contribution in [-0.4, -0.2) is 14.6 Å². The van der Waals surface area contributed by atoms with Crippen LogP contribution < -0.4 is 9.62 Å². The summed E-state index contributed by atoms with van der Waals surface area (Å²) < 4.78 is 28.6. The number of nitrogens with zero attached hydrogens (tertiary/aromatic N) is 2. The van der Waals surface area contributed by atoms with Crippen molar-refractivity contribution in [2.75, 3.05) is 9.62 Å². The molecule has 0 amide bonds. The van der Waals surface area contributed by atoms with Gasteiger partial charge in [0.05, 0.1) is 10.6 Å². The molecular formula is C21H17N3O2S. The normalized spacial score (nSPS) is 13.7. The Morgan fingerprint density at radius 3 is 2.37 bits per heavy atom. The van der Waals surface area contributed by atoms with Gasteiger partial charge in [0.25, 0.3) is 10.0 Å². The lowest BCUT2D eigenvalue weighted by atomic mass is 10.1. The number of fused-ring (bicyclic) bond motifs is 1. The van der Waals surface area contributed by atoms with Crippen molar-refractivity contribution in [1.82, 2.24) is 0 Å². The highest BCUT2D eigenvalue weighted by atomic mass is 32.2. The molecule has 0 unspecified atom stereocenters. The Kier molecular flexibility index (Phi) is 4.48. The van der Waals surface area contributed by atoms with Gasteiger partial charge >= 0.3 is 0 Å². The van der Waals surface area contributed by atoms with E-state index in [2.05, 4.69) is 9.71 Å². The van der Waals surface area contributed by atoms with Crippen molar-refractivity contribution in [3.63, 3.8) is 0 Å². The lowest BCUT2D eigenvalue weighted by Gasteiger charge is -2.19. The number of anilines is 2. The Hall–Kier alpha value is -3.38. The number of hydrogen-bond donors (Lipinski definition) is 1. The topological polar surface area (TPSA) is 61.8 Å². The van der Waals surface area contributed by atoms with Crippen molar-refractivity contribution in [1.29, 1.82) is 0 Å². The molecule has 0 saturated carbocycles. The van der Waals surface area contributed by atoms with Crippen molar-refractivity contribution < 1.29 is 8.42 Å². The molecule has 0 aliphatic carbocycles. The highest BCUT2D eigenvalue weighted by Crippen LogP contribution is 2.33. The third-order valence-electron chi connectivity index (χ3n) is 4.19. The second-order valence-electron chi connectivity index (χ2n) is 5.95. The molecule has 0 atom stereocenters. The molecule has 0 saturated heterocycles. The molecule has 5 nitrogen and oxygen atoms in total. The average molecular weight is 375 g/mol. The molecule has 1 aliphatic rings. The SMILES string of the molecule is O=S(=O)(Nc1ccccc1)c1ccc(N2C=CC=NC=C2)c2ccccc12. The minimum atomic E-state index is -3.72. The third kappa shape index (κ3) is 3.47. The molecule has 0 fully saturated rings. The molecule has 134 valence electrons. The molecule has 0 radical (unpaired) electrons. The standard InChI is InChI=1S/C21H17N3O2S/c25-27(26,23-17-7-2-1-3-8-17)21-12-11-20(18-9-4-5-10-19(18)21)24-15-6-13-22-14-16-24/h1-16,23H. The lowest BCUT2D eigenvalue weighted by Crippen LogP contribution is -2.14. The first-order valence-corrected chi connectivity index (χ1v) is 9.88. The second kappa shape index (κ2) is 7.09. The Labute approximate surface area is 158 Å². The average Bonchev–Trinajstić information content (AvgIpc) is 2.97. The van der Waals surface area contributed by atoms with Crippen molar-refractivity contribution in [3.05, 3.63) is 91.4 Å². The summed E-state index contributed by atoms with van der Waals surface area (Å²) in [6.07, 6.45) is 8.93. The van der Waals surface area contributed by atoms with Gasteiger partial charge in [-0.3, -0.25) is 9.71 Å². The number of benzene rings is 3. The first-order chi connectivity index (χ1) is 13.1. The van der Waals surface area contributed by atoms with Gasteiger partial charge in [-0.2, -0.15) is 0 Å². The number of allylic oxidation sites excluding steroid dienone is 1. The maximum Gasteiger partial charge on any atom is 0.262 e. The minimum Gasteiger partial charge on any atom is -0.322 e. The minimum absolute atomic E-state index is 0.240. The zero-order chi connectivity index (χ0) is 18.7. The van der Waals surface area contributed by atoms with E-state index in [9.17, 15) is 8.42 Å². The molecule has 0 aromatic heterocycles. The predicted molar refractivity (Wildman–Crippen MR) is 110 cm³/mol. The molecule has 1 N–H and O–H groups in total. The van der Waals surface area contributed by atoms with E-state index in [1.165, 1.54) is 0 Å². The summed E-state index contributed by atoms with van der Waals surface area (Å²) in [5.41, 5.74) is 1.41. The Bertz CT molecular complexity index is 1150. The van der Waals surface area contributed by atoms with Gasteiger partial charge in [0.15, 0.2) is 0 Å². The molecule has 4 rings (SSSR count). The summed E-state index contributed by atoms with van der Waals surface area (Å²) in [4.78, 5) is 6.24. The quantitative estimate of drug-likeness (QED) is 0.729. The first-order valence-electron chi connectivity index (χ1n) is 8.40. The summed E-state index contributed by atoms with van der Waals surface area (Å²) in [6, 6.07) is 19.8. The van der Waals surface area contributed by atoms with Gasteiger partial charge < -0.3 is 4.90 Å². The molecule has 27 heavy (non-hydrogen) atoms. The largest absolute Gasteiger partial charge is 0.322 e. The number of rotatable bonds is 4. The van der Waals surface area contributed by atoms with Crippen molar-refractivity contribution >= 4 is 38.4 Å². The van der Waals surface area contributed by atoms with Gasteiger partial charge in [-0.15, -0.1) is 0 Å². The Balaban J connectivity index is 1.83. The number of para-hydroxylation sites is 1. The van der Waals surface area contributed by atoms with Gasteiger partial charge in [0, 0.05) is 41.3 Å². The highest BCUT2D eigenvalue weighted by Gasteiger charge is 2.19. The zero-order valence-electron chi connectivity index (χ0n) is 14.4. The molecule has 0 bridgehead atoms. The van der Waals surface area contributed by atoms with E-state index in [0.717, 1.165) is 11.1 Å². The Morgan fingerprint density at radius 2 is 1.56 bits per heavy atom. The van der Waals surface area contributed by atoms with Crippen molar-refractivity contribution in [3.8, 4) is 0 Å². The summed E-state index contributed by atoms with van der Waals surface area (Å²) in [6.45, 7) is 0. The fourth-order valence-corrected chi connectivity index (χ4v) is 4.25. The van der Waals surface area contributed by atoms with Crippen LogP contribution in [0.25, 0.3) is 10.8 Å². The lowest BCUT2D eigenvalue weighted by molar-refractivity contribution is 0.602. The van der Waals surface area contributed by atoms with Crippen LogP contribution in [0.1, 0.15) is 0 Å². The van der Waals surface area contributed by atoms with E-state index in [1.807, 2.05) is 59.8 Å². The van der Waals surface area contributed by atoms with Gasteiger partial charge in [-0.1, -0.05) is 42.5 Å². The summed E-state index contributed by atoms with van der Waals surface area (Å²) in [5, 5.41) is 1.50. The maximum atomic E-state index is 13.0. The number of nitrogens with one attached hydrogen (secondary N) is 1. The van der Waals surface area contributed by atoms with Crippen LogP contribution in [-0.2, 0) is 10.0 Å². The molecule has 1 heterocycles. The molecule has 1 aliphatic heterocycles. The first kappa shape index (κ1) is 17.1. The van der Waals surface area contributed by atoms with Crippen LogP contribution in [0.15, 0.2) is 101 Å². The summed E-state index contributed by atoms with van der Waals surface area (Å²) in [7, 11) is -3.72. The summed E-state index contributed by atoms with van der Waals surface area (Å²) in [5.74, 6) is 0.